The Morgan fingerprint density at radius 2 is 0.895 bits per heavy atom. The SMILES string of the molecule is CC(=O)Cc1c[c-]c(NC(=O)c2cn(C)c3ccccc23)cc1C.FF.FF.FF.FF.FF.FF.FF.FF.FF.FF.FF.FF.FF.FF.FF.FF.[Y]. The van der Waals surface area contributed by atoms with Crippen LogP contribution in [0, 0.1) is 13.0 Å². The predicted molar refractivity (Wildman–Crippen MR) is 131 cm³/mol. The van der Waals surface area contributed by atoms with Gasteiger partial charge in [0.05, 0.1) is 5.56 Å². The number of ketones is 1. The molecule has 3 aromatic rings. The largest absolute Gasteiger partial charge is 0.350 e. The molecule has 57 heavy (non-hydrogen) atoms. The second kappa shape index (κ2) is 124. The van der Waals surface area contributed by atoms with E-state index < -0.39 is 0 Å². The van der Waals surface area contributed by atoms with Crippen LogP contribution in [0.2, 0.25) is 0 Å². The molecule has 1 N–H and O–H groups in total. The van der Waals surface area contributed by atoms with Gasteiger partial charge in [0.1, 0.15) is 5.78 Å². The number of benzene rings is 2. The summed E-state index contributed by atoms with van der Waals surface area (Å²) in [6, 6.07) is 14.5. The van der Waals surface area contributed by atoms with Crippen LogP contribution in [0.5, 0.6) is 0 Å². The van der Waals surface area contributed by atoms with Crippen molar-refractivity contribution in [1.82, 2.24) is 4.57 Å². The molecule has 4 nitrogen and oxygen atoms in total. The Morgan fingerprint density at radius 1 is 0.579 bits per heavy atom. The second-order valence-electron chi connectivity index (χ2n) is 6.06. The molecule has 1 amide bonds. The molecule has 37 heteroatoms. The Morgan fingerprint density at radius 3 is 1.19 bits per heavy atom. The number of carbonyl (C=O) groups excluding carboxylic acids is 2. The number of nitrogens with one attached hydrogen (secondary N) is 1. The number of nitrogens with zero attached hydrogens (tertiary/aromatic N) is 1. The zero-order valence-electron chi connectivity index (χ0n) is 26.7. The number of halogens is 32. The van der Waals surface area contributed by atoms with Crippen molar-refractivity contribution in [2.75, 3.05) is 5.32 Å². The number of para-hydroxylation sites is 1. The van der Waals surface area contributed by atoms with Gasteiger partial charge < -0.3 is 14.7 Å². The summed E-state index contributed by atoms with van der Waals surface area (Å²) in [5.41, 5.74) is 4.16. The van der Waals surface area contributed by atoms with E-state index in [-0.39, 0.29) is 44.4 Å². The summed E-state index contributed by atoms with van der Waals surface area (Å²) >= 11 is 0. The molecule has 0 atom stereocenters. The monoisotopic (exact) mass is 1020 g/mol. The summed E-state index contributed by atoms with van der Waals surface area (Å²) in [4.78, 5) is 23.9. The molecule has 3 rings (SSSR count). The molecule has 0 saturated heterocycles. The average Bonchev–Trinajstić information content (AvgIpc) is 3.68. The van der Waals surface area contributed by atoms with Gasteiger partial charge >= 0.3 is 0 Å². The van der Waals surface area contributed by atoms with Crippen molar-refractivity contribution < 1.29 is 189 Å². The van der Waals surface area contributed by atoms with E-state index >= 15 is 0 Å². The summed E-state index contributed by atoms with van der Waals surface area (Å²) in [5, 5.41) is 3.81. The van der Waals surface area contributed by atoms with Crippen LogP contribution in [0.1, 0.15) is 28.4 Å². The van der Waals surface area contributed by atoms with Gasteiger partial charge in [-0.2, -0.15) is 17.7 Å². The Kier molecular flexibility index (Phi) is 216. The maximum atomic E-state index is 12.6. The third-order valence-corrected chi connectivity index (χ3v) is 4.10. The number of hydrogen-bond acceptors (Lipinski definition) is 2. The fourth-order valence-corrected chi connectivity index (χ4v) is 2.87. The number of rotatable bonds is 4. The van der Waals surface area contributed by atoms with Gasteiger partial charge in [0.15, 0.2) is 0 Å². The van der Waals surface area contributed by atoms with Crippen molar-refractivity contribution in [2.45, 2.75) is 20.3 Å². The maximum Gasteiger partial charge on any atom is 0.256 e. The van der Waals surface area contributed by atoms with Crippen LogP contribution in [-0.4, -0.2) is 16.3 Å². The smallest absolute Gasteiger partial charge is 0.256 e. The minimum atomic E-state index is -0.165. The van der Waals surface area contributed by atoms with Gasteiger partial charge in [0, 0.05) is 203 Å². The quantitative estimate of drug-likeness (QED) is 0.209. The number of aromatic nitrogens is 1. The molecule has 1 radical (unpaired) electrons. The normalized spacial score (nSPS) is 6.23. The van der Waals surface area contributed by atoms with Crippen LogP contribution in [0.25, 0.3) is 10.9 Å². The van der Waals surface area contributed by atoms with Gasteiger partial charge in [0.25, 0.3) is 5.91 Å². The van der Waals surface area contributed by atoms with Crippen molar-refractivity contribution in [3.63, 3.8) is 0 Å². The van der Waals surface area contributed by atoms with Gasteiger partial charge in [-0.25, -0.2) is 0 Å². The zero-order valence-corrected chi connectivity index (χ0v) is 29.5. The molecule has 0 spiro atoms. The van der Waals surface area contributed by atoms with E-state index in [0.717, 1.165) is 22.0 Å². The average molecular weight is 1020 g/mol. The maximum absolute atomic E-state index is 12.6. The summed E-state index contributed by atoms with van der Waals surface area (Å²) in [6.07, 6.45) is 2.22. The van der Waals surface area contributed by atoms with Crippen LogP contribution < -0.4 is 5.32 Å². The van der Waals surface area contributed by atoms with E-state index in [1.807, 2.05) is 55.1 Å². The molecule has 1 aromatic heterocycles. The predicted octanol–water partition coefficient (Wildman–Crippen LogP) is 17.1. The molecule has 2 aromatic carbocycles. The van der Waals surface area contributed by atoms with Crippen LogP contribution in [0.3, 0.4) is 0 Å². The molecular formula is C20H19F32N2O2Y-. The van der Waals surface area contributed by atoms with Crippen molar-refractivity contribution in [3.05, 3.63) is 65.4 Å². The summed E-state index contributed by atoms with van der Waals surface area (Å²) in [7, 11) is 1.92. The van der Waals surface area contributed by atoms with E-state index in [0.29, 0.717) is 17.7 Å². The molecule has 349 valence electrons. The summed E-state index contributed by atoms with van der Waals surface area (Å²) < 4.78 is 258. The number of Topliss-reactive ketones (excluding diaryl/α,β-unsaturated/α-hetero) is 1. The molecule has 0 saturated carbocycles. The molecule has 0 fully saturated rings. The molecule has 1 heterocycles. The van der Waals surface area contributed by atoms with Gasteiger partial charge in [-0.1, -0.05) is 30.8 Å². The van der Waals surface area contributed by atoms with Crippen molar-refractivity contribution >= 4 is 28.3 Å². The zero-order chi connectivity index (χ0) is 49.3. The molecule has 0 aliphatic carbocycles. The van der Waals surface area contributed by atoms with E-state index in [1.165, 1.54) is 0 Å². The van der Waals surface area contributed by atoms with E-state index in [4.69, 9.17) is 146 Å². The molecule has 0 unspecified atom stereocenters. The van der Waals surface area contributed by atoms with Crippen molar-refractivity contribution in [3.8, 4) is 0 Å². The van der Waals surface area contributed by atoms with Crippen molar-refractivity contribution in [2.24, 2.45) is 7.05 Å². The molecule has 0 bridgehead atoms. The van der Waals surface area contributed by atoms with Crippen LogP contribution >= 0.6 is 0 Å². The minimum Gasteiger partial charge on any atom is -0.350 e. The first-order valence-corrected chi connectivity index (χ1v) is 10.1. The number of amides is 1. The van der Waals surface area contributed by atoms with Crippen LogP contribution in [0.15, 0.2) is 42.6 Å². The first-order chi connectivity index (χ1) is 27.5. The first kappa shape index (κ1) is 99.2. The van der Waals surface area contributed by atoms with E-state index in [2.05, 4.69) is 11.4 Å². The Labute approximate surface area is 319 Å². The molecular weight excluding hydrogens is 997 g/mol. The first-order valence-electron chi connectivity index (χ1n) is 10.1. The van der Waals surface area contributed by atoms with Gasteiger partial charge in [-0.3, -0.25) is 4.79 Å². The molecule has 0 aliphatic rings. The third-order valence-electron chi connectivity index (χ3n) is 4.10. The number of aryl methyl sites for hydroxylation is 2. The third kappa shape index (κ3) is 67.1. The number of carbonyl (C=O) groups is 2. The summed E-state index contributed by atoms with van der Waals surface area (Å²) in [5.74, 6) is -0.0548. The summed E-state index contributed by atoms with van der Waals surface area (Å²) in [6.45, 7) is 3.50. The number of fused-ring (bicyclic) bond motifs is 1. The van der Waals surface area contributed by atoms with Crippen LogP contribution in [-0.2, 0) is 51.0 Å². The van der Waals surface area contributed by atoms with Crippen molar-refractivity contribution in [1.29, 1.82) is 0 Å². The molecule has 0 aliphatic heterocycles. The van der Waals surface area contributed by atoms with E-state index in [1.54, 1.807) is 13.0 Å². The second-order valence-corrected chi connectivity index (χ2v) is 6.06. The van der Waals surface area contributed by atoms with E-state index in [9.17, 15) is 9.59 Å². The van der Waals surface area contributed by atoms with Gasteiger partial charge in [0.2, 0.25) is 0 Å². The number of hydrogen-bond donors (Lipinski definition) is 1. The van der Waals surface area contributed by atoms with Gasteiger partial charge in [-0.15, -0.1) is 11.6 Å². The fraction of sp³-hybridized carbons (Fsp3) is 0.200. The van der Waals surface area contributed by atoms with Crippen LogP contribution in [0.4, 0.5) is 152 Å². The minimum absolute atomic E-state index is 0. The number of anilines is 1. The Balaban J connectivity index is -0.0000000349. The standard InChI is InChI=1S/C20H19N2O2.16F2.Y/c1-13-10-16(9-8-15(13)11-14(2)23)21-20(24)18-12-22(3)19-7-5-4-6-17(18)19;16*1-2;/h4-8,10,12H,11H2,1-3H3,(H,21,24);;;;;;;;;;;;;;;;;/q-1;;;;;;;;;;;;;;;;;. The van der Waals surface area contributed by atoms with Gasteiger partial charge in [-0.05, 0) is 19.4 Å². The Bertz CT molecular complexity index is 1000. The fourth-order valence-electron chi connectivity index (χ4n) is 2.87. The topological polar surface area (TPSA) is 51.1 Å². The Hall–Kier alpha value is -4.02.